The maximum absolute atomic E-state index is 13.9. The van der Waals surface area contributed by atoms with Crippen molar-refractivity contribution in [3.63, 3.8) is 0 Å². The van der Waals surface area contributed by atoms with Crippen molar-refractivity contribution in [1.82, 2.24) is 19.7 Å². The van der Waals surface area contributed by atoms with Crippen LogP contribution in [0.2, 0.25) is 5.04 Å². The monoisotopic (exact) mass is 617 g/mol. The van der Waals surface area contributed by atoms with Crippen LogP contribution in [0, 0.1) is 0 Å². The van der Waals surface area contributed by atoms with Gasteiger partial charge in [-0.3, -0.25) is 14.5 Å². The van der Waals surface area contributed by atoms with Gasteiger partial charge in [0, 0.05) is 54.3 Å². The van der Waals surface area contributed by atoms with E-state index in [0.29, 0.717) is 17.7 Å². The Morgan fingerprint density at radius 3 is 2.22 bits per heavy atom. The van der Waals surface area contributed by atoms with Crippen LogP contribution in [-0.2, 0) is 11.0 Å². The molecule has 0 saturated carbocycles. The van der Waals surface area contributed by atoms with Crippen molar-refractivity contribution in [3.8, 4) is 11.3 Å². The average Bonchev–Trinajstić information content (AvgIpc) is 3.41. The van der Waals surface area contributed by atoms with Crippen LogP contribution in [0.3, 0.4) is 0 Å². The molecule has 0 unspecified atom stereocenters. The van der Waals surface area contributed by atoms with Crippen LogP contribution in [0.15, 0.2) is 91.3 Å². The minimum absolute atomic E-state index is 0.0233. The molecule has 0 radical (unpaired) electrons. The van der Waals surface area contributed by atoms with Gasteiger partial charge in [0.15, 0.2) is 5.78 Å². The molecule has 6 rings (SSSR count). The number of rotatable bonds is 12. The summed E-state index contributed by atoms with van der Waals surface area (Å²) in [6.45, 7) is 9.94. The van der Waals surface area contributed by atoms with E-state index in [0.717, 1.165) is 60.3 Å². The van der Waals surface area contributed by atoms with Gasteiger partial charge in [0.1, 0.15) is 5.69 Å². The number of likely N-dealkylation sites (N-methyl/N-ethyl adjacent to an activating group) is 1. The molecular formula is C37H43N5O2Si. The van der Waals surface area contributed by atoms with Crippen LogP contribution in [-0.4, -0.2) is 67.6 Å². The van der Waals surface area contributed by atoms with Gasteiger partial charge in [0.2, 0.25) is 0 Å². The summed E-state index contributed by atoms with van der Waals surface area (Å²) in [5.74, 6) is 0.0233. The summed E-state index contributed by atoms with van der Waals surface area (Å²) >= 11 is 0. The molecule has 1 N–H and O–H groups in total. The summed E-state index contributed by atoms with van der Waals surface area (Å²) in [6.07, 6.45) is 5.27. The highest BCUT2D eigenvalue weighted by Crippen LogP contribution is 2.42. The minimum Gasteiger partial charge on any atom is -0.407 e. The van der Waals surface area contributed by atoms with Gasteiger partial charge < -0.3 is 14.6 Å². The van der Waals surface area contributed by atoms with E-state index in [2.05, 4.69) is 117 Å². The lowest BCUT2D eigenvalue weighted by molar-refractivity contribution is 0.104. The Balaban J connectivity index is 1.20. The first-order valence-electron chi connectivity index (χ1n) is 15.9. The fourth-order valence-corrected chi connectivity index (χ4v) is 11.3. The summed E-state index contributed by atoms with van der Waals surface area (Å²) in [4.78, 5) is 20.3. The van der Waals surface area contributed by atoms with E-state index in [4.69, 9.17) is 9.52 Å². The van der Waals surface area contributed by atoms with Crippen LogP contribution >= 0.6 is 0 Å². The number of carbonyl (C=O) groups excluding carboxylic acids is 1. The van der Waals surface area contributed by atoms with Gasteiger partial charge in [-0.15, -0.1) is 0 Å². The molecule has 232 valence electrons. The zero-order valence-corrected chi connectivity index (χ0v) is 28.0. The lowest BCUT2D eigenvalue weighted by Gasteiger charge is -2.43. The van der Waals surface area contributed by atoms with Crippen LogP contribution in [0.5, 0.6) is 0 Å². The van der Waals surface area contributed by atoms with Crippen molar-refractivity contribution >= 4 is 41.1 Å². The number of unbranched alkanes of at least 4 members (excludes halogenated alkanes) is 1. The standard InChI is InChI=1S/C37H43N5O2Si/c1-37(2,3)45(27-14-8-6-9-15-27,28-16-10-7-11-17-28)44-25-13-12-21-39-31-18-19-32-34-33(31)36(43)29-20-22-38-26-30(29)35(34)40-42(32)24-23-41(4)5/h6-11,14-20,22,26,39H,12-13,21,23-25H2,1-5H3. The Labute approximate surface area is 267 Å². The number of anilines is 1. The molecule has 0 amide bonds. The highest BCUT2D eigenvalue weighted by atomic mass is 28.4. The number of benzene rings is 3. The lowest BCUT2D eigenvalue weighted by Crippen LogP contribution is -2.66. The molecule has 0 fully saturated rings. The highest BCUT2D eigenvalue weighted by molar-refractivity contribution is 6.99. The van der Waals surface area contributed by atoms with Crippen LogP contribution in [0.1, 0.15) is 49.5 Å². The maximum atomic E-state index is 13.9. The number of pyridine rings is 1. The number of nitrogens with one attached hydrogen (secondary N) is 1. The van der Waals surface area contributed by atoms with Crippen molar-refractivity contribution in [2.45, 2.75) is 45.2 Å². The number of carbonyl (C=O) groups is 1. The number of aromatic nitrogens is 3. The second-order valence-electron chi connectivity index (χ2n) is 13.2. The smallest absolute Gasteiger partial charge is 0.261 e. The molecule has 0 bridgehead atoms. The van der Waals surface area contributed by atoms with E-state index in [-0.39, 0.29) is 10.8 Å². The van der Waals surface area contributed by atoms with Crippen molar-refractivity contribution in [1.29, 1.82) is 0 Å². The average molecular weight is 618 g/mol. The molecule has 7 nitrogen and oxygen atoms in total. The van der Waals surface area contributed by atoms with Crippen LogP contribution < -0.4 is 15.7 Å². The molecule has 1 aliphatic carbocycles. The summed E-state index contributed by atoms with van der Waals surface area (Å²) in [7, 11) is 1.56. The SMILES string of the molecule is CN(C)CCn1nc2c3c(c(NCCCCO[Si](c4ccccc4)(c4ccccc4)C(C)(C)C)ccc31)C(=O)c1ccncc1-2. The number of fused-ring (bicyclic) bond motifs is 2. The molecule has 45 heavy (non-hydrogen) atoms. The number of hydrogen-bond acceptors (Lipinski definition) is 6. The van der Waals surface area contributed by atoms with Gasteiger partial charge >= 0.3 is 0 Å². The highest BCUT2D eigenvalue weighted by Gasteiger charge is 2.49. The fourth-order valence-electron chi connectivity index (χ4n) is 6.66. The fraction of sp³-hybridized carbons (Fsp3) is 0.324. The molecule has 0 atom stereocenters. The Bertz CT molecular complexity index is 1760. The predicted molar refractivity (Wildman–Crippen MR) is 186 cm³/mol. The minimum atomic E-state index is -2.55. The van der Waals surface area contributed by atoms with E-state index >= 15 is 0 Å². The number of nitrogens with zero attached hydrogens (tertiary/aromatic N) is 4. The van der Waals surface area contributed by atoms with Gasteiger partial charge in [0.25, 0.3) is 8.32 Å². The summed E-state index contributed by atoms with van der Waals surface area (Å²) in [5.41, 5.74) is 4.85. The predicted octanol–water partition coefficient (Wildman–Crippen LogP) is 5.97. The van der Waals surface area contributed by atoms with E-state index in [9.17, 15) is 4.79 Å². The number of hydrogen-bond donors (Lipinski definition) is 1. The molecule has 0 aliphatic heterocycles. The molecule has 1 aliphatic rings. The Kier molecular flexibility index (Phi) is 8.73. The molecule has 5 aromatic rings. The third kappa shape index (κ3) is 5.74. The third-order valence-corrected chi connectivity index (χ3v) is 13.9. The Hall–Kier alpha value is -4.11. The third-order valence-electron chi connectivity index (χ3n) is 8.85. The largest absolute Gasteiger partial charge is 0.407 e. The Morgan fingerprint density at radius 2 is 1.58 bits per heavy atom. The molecule has 2 heterocycles. The second kappa shape index (κ2) is 12.7. The second-order valence-corrected chi connectivity index (χ2v) is 17.5. The van der Waals surface area contributed by atoms with Gasteiger partial charge in [-0.2, -0.15) is 5.10 Å². The number of ketones is 1. The van der Waals surface area contributed by atoms with Crippen molar-refractivity contribution < 1.29 is 9.22 Å². The zero-order valence-electron chi connectivity index (χ0n) is 27.0. The first-order chi connectivity index (χ1) is 21.7. The summed E-state index contributed by atoms with van der Waals surface area (Å²) in [5, 5.41) is 12.0. The molecule has 0 saturated heterocycles. The van der Waals surface area contributed by atoms with Gasteiger partial charge in [-0.25, -0.2) is 0 Å². The first kappa shape index (κ1) is 30.9. The van der Waals surface area contributed by atoms with Gasteiger partial charge in [-0.05, 0) is 60.5 Å². The quantitative estimate of drug-likeness (QED) is 0.135. The normalized spacial score (nSPS) is 13.0. The van der Waals surface area contributed by atoms with Crippen molar-refractivity contribution in [3.05, 3.63) is 102 Å². The van der Waals surface area contributed by atoms with Crippen LogP contribution in [0.25, 0.3) is 22.2 Å². The van der Waals surface area contributed by atoms with E-state index in [1.165, 1.54) is 10.4 Å². The van der Waals surface area contributed by atoms with Gasteiger partial charge in [0.05, 0.1) is 17.6 Å². The topological polar surface area (TPSA) is 72.3 Å². The summed E-state index contributed by atoms with van der Waals surface area (Å²) in [6, 6.07) is 27.5. The lowest BCUT2D eigenvalue weighted by atomic mass is 9.87. The van der Waals surface area contributed by atoms with Crippen LogP contribution in [0.4, 0.5) is 5.69 Å². The van der Waals surface area contributed by atoms with Crippen molar-refractivity contribution in [2.75, 3.05) is 39.1 Å². The molecular weight excluding hydrogens is 575 g/mol. The van der Waals surface area contributed by atoms with E-state index in [1.807, 2.05) is 16.8 Å². The summed E-state index contributed by atoms with van der Waals surface area (Å²) < 4.78 is 9.10. The van der Waals surface area contributed by atoms with E-state index < -0.39 is 8.32 Å². The zero-order chi connectivity index (χ0) is 31.6. The Morgan fingerprint density at radius 1 is 0.889 bits per heavy atom. The maximum Gasteiger partial charge on any atom is 0.261 e. The molecule has 3 aromatic carbocycles. The van der Waals surface area contributed by atoms with Gasteiger partial charge in [-0.1, -0.05) is 81.4 Å². The molecule has 2 aromatic heterocycles. The van der Waals surface area contributed by atoms with Crippen molar-refractivity contribution in [2.24, 2.45) is 0 Å². The first-order valence-corrected chi connectivity index (χ1v) is 17.8. The molecule has 0 spiro atoms. The molecule has 8 heteroatoms. The van der Waals surface area contributed by atoms with E-state index in [1.54, 1.807) is 12.4 Å².